The zero-order chi connectivity index (χ0) is 19.7. The lowest BCUT2D eigenvalue weighted by Crippen LogP contribution is -2.31. The van der Waals surface area contributed by atoms with E-state index < -0.39 is 0 Å². The molecule has 3 heterocycles. The molecule has 1 aromatic carbocycles. The number of carbonyl (C=O) groups is 2. The first-order valence-electron chi connectivity index (χ1n) is 8.33. The monoisotopic (exact) mass is 380 g/mol. The second-order valence-corrected chi connectivity index (χ2v) is 5.97. The number of nitrogens with zero attached hydrogens (tertiary/aromatic N) is 7. The van der Waals surface area contributed by atoms with Crippen LogP contribution in [0.2, 0.25) is 0 Å². The Balaban J connectivity index is 1.67. The van der Waals surface area contributed by atoms with Gasteiger partial charge in [-0.05, 0) is 34.7 Å². The van der Waals surface area contributed by atoms with E-state index in [0.29, 0.717) is 28.8 Å². The SMILES string of the molecule is COc1ccc(NC2=CC(=O)N(C(C)=O)C2)cc1-n1nnnc1-n1cccn1. The van der Waals surface area contributed by atoms with Gasteiger partial charge in [0.15, 0.2) is 0 Å². The van der Waals surface area contributed by atoms with Gasteiger partial charge < -0.3 is 10.1 Å². The number of amides is 2. The summed E-state index contributed by atoms with van der Waals surface area (Å²) in [6.45, 7) is 1.55. The van der Waals surface area contributed by atoms with Crippen LogP contribution in [0.15, 0.2) is 48.4 Å². The molecule has 0 radical (unpaired) electrons. The summed E-state index contributed by atoms with van der Waals surface area (Å²) in [6, 6.07) is 7.09. The van der Waals surface area contributed by atoms with E-state index in [4.69, 9.17) is 4.74 Å². The third-order valence-electron chi connectivity index (χ3n) is 4.15. The van der Waals surface area contributed by atoms with Crippen molar-refractivity contribution in [3.8, 4) is 17.4 Å². The molecule has 142 valence electrons. The lowest BCUT2D eigenvalue weighted by molar-refractivity contribution is -0.138. The number of nitrogens with one attached hydrogen (secondary N) is 1. The number of benzene rings is 1. The fourth-order valence-electron chi connectivity index (χ4n) is 2.85. The molecule has 2 aromatic heterocycles. The van der Waals surface area contributed by atoms with Gasteiger partial charge in [-0.3, -0.25) is 14.5 Å². The Morgan fingerprint density at radius 3 is 2.86 bits per heavy atom. The molecule has 0 fully saturated rings. The fourth-order valence-corrected chi connectivity index (χ4v) is 2.85. The van der Waals surface area contributed by atoms with Crippen molar-refractivity contribution in [2.45, 2.75) is 6.92 Å². The Kier molecular flexibility index (Phi) is 4.32. The van der Waals surface area contributed by atoms with Crippen molar-refractivity contribution in [2.75, 3.05) is 19.0 Å². The maximum Gasteiger partial charge on any atom is 0.275 e. The lowest BCUT2D eigenvalue weighted by atomic mass is 10.2. The van der Waals surface area contributed by atoms with Gasteiger partial charge in [-0.15, -0.1) is 0 Å². The number of carbonyl (C=O) groups excluding carboxylic acids is 2. The van der Waals surface area contributed by atoms with Gasteiger partial charge in [-0.25, -0.2) is 4.68 Å². The summed E-state index contributed by atoms with van der Waals surface area (Å²) < 4.78 is 8.46. The number of anilines is 1. The molecule has 0 bridgehead atoms. The number of aromatic nitrogens is 6. The fraction of sp³-hybridized carbons (Fsp3) is 0.176. The molecule has 0 saturated carbocycles. The van der Waals surface area contributed by atoms with Gasteiger partial charge in [-0.1, -0.05) is 5.10 Å². The Bertz CT molecular complexity index is 1070. The van der Waals surface area contributed by atoms with Crippen molar-refractivity contribution in [2.24, 2.45) is 0 Å². The van der Waals surface area contributed by atoms with Crippen LogP contribution in [0.4, 0.5) is 5.69 Å². The molecule has 1 aliphatic rings. The number of ether oxygens (including phenoxy) is 1. The molecule has 3 aromatic rings. The average Bonchev–Trinajstić information content (AvgIpc) is 3.41. The van der Waals surface area contributed by atoms with Crippen LogP contribution in [-0.2, 0) is 9.59 Å². The first-order valence-corrected chi connectivity index (χ1v) is 8.33. The molecule has 11 nitrogen and oxygen atoms in total. The topological polar surface area (TPSA) is 120 Å². The highest BCUT2D eigenvalue weighted by atomic mass is 16.5. The quantitative estimate of drug-likeness (QED) is 0.681. The van der Waals surface area contributed by atoms with Crippen molar-refractivity contribution < 1.29 is 14.3 Å². The molecule has 0 aliphatic carbocycles. The van der Waals surface area contributed by atoms with Crippen molar-refractivity contribution >= 4 is 17.5 Å². The summed E-state index contributed by atoms with van der Waals surface area (Å²) in [4.78, 5) is 24.5. The van der Waals surface area contributed by atoms with E-state index in [1.165, 1.54) is 22.4 Å². The zero-order valence-corrected chi connectivity index (χ0v) is 15.1. The summed E-state index contributed by atoms with van der Waals surface area (Å²) >= 11 is 0. The molecule has 1 N–H and O–H groups in total. The van der Waals surface area contributed by atoms with E-state index in [1.54, 1.807) is 43.8 Å². The maximum absolute atomic E-state index is 11.9. The van der Waals surface area contributed by atoms with Crippen LogP contribution in [0, 0.1) is 0 Å². The van der Waals surface area contributed by atoms with Crippen LogP contribution < -0.4 is 10.1 Å². The Hall–Kier alpha value is -4.02. The minimum absolute atomic E-state index is 0.193. The minimum atomic E-state index is -0.342. The lowest BCUT2D eigenvalue weighted by Gasteiger charge is -2.15. The van der Waals surface area contributed by atoms with Gasteiger partial charge in [0.25, 0.3) is 11.9 Å². The van der Waals surface area contributed by atoms with Gasteiger partial charge in [0.05, 0.1) is 13.7 Å². The van der Waals surface area contributed by atoms with Crippen LogP contribution in [-0.4, -0.2) is 60.4 Å². The highest BCUT2D eigenvalue weighted by molar-refractivity contribution is 6.03. The van der Waals surface area contributed by atoms with E-state index in [0.717, 1.165) is 4.90 Å². The van der Waals surface area contributed by atoms with E-state index in [-0.39, 0.29) is 18.4 Å². The van der Waals surface area contributed by atoms with Crippen molar-refractivity contribution in [3.63, 3.8) is 0 Å². The summed E-state index contributed by atoms with van der Waals surface area (Å²) in [5, 5.41) is 19.1. The molecule has 0 spiro atoms. The molecule has 0 saturated heterocycles. The summed E-state index contributed by atoms with van der Waals surface area (Å²) in [6.07, 6.45) is 4.75. The number of tetrazole rings is 1. The third-order valence-corrected chi connectivity index (χ3v) is 4.15. The molecule has 0 unspecified atom stereocenters. The summed E-state index contributed by atoms with van der Waals surface area (Å²) in [5.74, 6) is 0.294. The maximum atomic E-state index is 11.9. The zero-order valence-electron chi connectivity index (χ0n) is 15.1. The van der Waals surface area contributed by atoms with Crippen molar-refractivity contribution in [1.29, 1.82) is 0 Å². The van der Waals surface area contributed by atoms with Crippen LogP contribution in [0.1, 0.15) is 6.92 Å². The summed E-state index contributed by atoms with van der Waals surface area (Å²) in [5.41, 5.74) is 1.87. The van der Waals surface area contributed by atoms with Crippen LogP contribution >= 0.6 is 0 Å². The predicted molar refractivity (Wildman–Crippen MR) is 96.9 cm³/mol. The summed E-state index contributed by atoms with van der Waals surface area (Å²) in [7, 11) is 1.55. The normalized spacial score (nSPS) is 13.6. The highest BCUT2D eigenvalue weighted by Crippen LogP contribution is 2.28. The molecular weight excluding hydrogens is 364 g/mol. The van der Waals surface area contributed by atoms with Gasteiger partial charge in [0, 0.05) is 36.8 Å². The molecule has 1 aliphatic heterocycles. The first kappa shape index (κ1) is 17.4. The largest absolute Gasteiger partial charge is 0.494 e. The standard InChI is InChI=1S/C17H16N8O3/c1-11(26)23-10-13(9-16(23)27)19-12-4-5-15(28-2)14(8-12)25-17(20-21-22-25)24-7-3-6-18-24/h3-9,19H,10H2,1-2H3. The predicted octanol–water partition coefficient (Wildman–Crippen LogP) is 0.541. The first-order chi connectivity index (χ1) is 13.6. The number of rotatable bonds is 5. The smallest absolute Gasteiger partial charge is 0.275 e. The highest BCUT2D eigenvalue weighted by Gasteiger charge is 2.25. The Morgan fingerprint density at radius 2 is 2.18 bits per heavy atom. The number of methoxy groups -OCH3 is 1. The van der Waals surface area contributed by atoms with E-state index >= 15 is 0 Å². The van der Waals surface area contributed by atoms with Crippen molar-refractivity contribution in [3.05, 3.63) is 48.4 Å². The molecule has 2 amide bonds. The van der Waals surface area contributed by atoms with Gasteiger partial charge in [0.1, 0.15) is 11.4 Å². The third kappa shape index (κ3) is 3.09. The van der Waals surface area contributed by atoms with E-state index in [9.17, 15) is 9.59 Å². The van der Waals surface area contributed by atoms with E-state index in [2.05, 4.69) is 25.9 Å². The molecular formula is C17H16N8O3. The average molecular weight is 380 g/mol. The van der Waals surface area contributed by atoms with Gasteiger partial charge in [-0.2, -0.15) is 9.78 Å². The number of hydrogen-bond donors (Lipinski definition) is 1. The number of imide groups is 1. The molecule has 11 heteroatoms. The van der Waals surface area contributed by atoms with Crippen molar-refractivity contribution in [1.82, 2.24) is 34.9 Å². The molecule has 0 atom stereocenters. The van der Waals surface area contributed by atoms with Crippen LogP contribution in [0.5, 0.6) is 5.75 Å². The Morgan fingerprint density at radius 1 is 1.32 bits per heavy atom. The molecule has 4 rings (SSSR count). The second-order valence-electron chi connectivity index (χ2n) is 5.97. The van der Waals surface area contributed by atoms with E-state index in [1.807, 2.05) is 0 Å². The van der Waals surface area contributed by atoms with Gasteiger partial charge in [0.2, 0.25) is 5.91 Å². The van der Waals surface area contributed by atoms with Crippen LogP contribution in [0.3, 0.4) is 0 Å². The second kappa shape index (κ2) is 6.95. The van der Waals surface area contributed by atoms with Gasteiger partial charge >= 0.3 is 0 Å². The minimum Gasteiger partial charge on any atom is -0.494 e. The molecule has 28 heavy (non-hydrogen) atoms. The van der Waals surface area contributed by atoms with Crippen LogP contribution in [0.25, 0.3) is 11.6 Å². The number of hydrogen-bond acceptors (Lipinski definition) is 8. The Labute approximate surface area is 159 Å².